The van der Waals surface area contributed by atoms with Crippen molar-refractivity contribution in [2.45, 2.75) is 32.6 Å². The molecule has 0 nitrogen and oxygen atoms in total. The second kappa shape index (κ2) is 3.80. The fourth-order valence-corrected chi connectivity index (χ4v) is 1.43. The Labute approximate surface area is 64.3 Å². The molecule has 0 N–H and O–H groups in total. The van der Waals surface area contributed by atoms with Crippen LogP contribution >= 0.6 is 0 Å². The monoisotopic (exact) mass is 137 g/mol. The van der Waals surface area contributed by atoms with Gasteiger partial charge in [0.2, 0.25) is 0 Å². The molecule has 0 bridgehead atoms. The molecule has 0 aromatic carbocycles. The predicted molar refractivity (Wildman–Crippen MR) is 45.6 cm³/mol. The third kappa shape index (κ3) is 2.17. The molecule has 0 saturated carbocycles. The molecular weight excluding hydrogens is 120 g/mol. The molecule has 1 aliphatic rings. The Bertz CT molecular complexity index is 99.2. The number of hydrogen-bond acceptors (Lipinski definition) is 0. The lowest BCUT2D eigenvalue weighted by Crippen LogP contribution is -2.08. The van der Waals surface area contributed by atoms with Gasteiger partial charge in [-0.3, -0.25) is 0 Å². The van der Waals surface area contributed by atoms with E-state index in [0.717, 1.165) is 5.92 Å². The van der Waals surface area contributed by atoms with Crippen LogP contribution in [0, 0.1) is 18.8 Å². The molecule has 57 valence electrons. The highest BCUT2D eigenvalue weighted by Crippen LogP contribution is 2.23. The van der Waals surface area contributed by atoms with Crippen LogP contribution in [-0.2, 0) is 0 Å². The Morgan fingerprint density at radius 2 is 1.80 bits per heavy atom. The minimum Gasteiger partial charge on any atom is -0.0885 e. The van der Waals surface area contributed by atoms with Crippen molar-refractivity contribution >= 4 is 0 Å². The average molecular weight is 137 g/mol. The van der Waals surface area contributed by atoms with Gasteiger partial charge in [0.15, 0.2) is 0 Å². The molecule has 0 aromatic rings. The SMILES string of the molecule is [CH2]C1CC/C=C\CCC1C. The summed E-state index contributed by atoms with van der Waals surface area (Å²) in [6.07, 6.45) is 9.69. The first-order chi connectivity index (χ1) is 4.80. The Hall–Kier alpha value is -0.260. The van der Waals surface area contributed by atoms with E-state index in [-0.39, 0.29) is 0 Å². The van der Waals surface area contributed by atoms with E-state index in [1.165, 1.54) is 25.7 Å². The third-order valence-corrected chi connectivity index (χ3v) is 2.46. The van der Waals surface area contributed by atoms with Gasteiger partial charge >= 0.3 is 0 Å². The Morgan fingerprint density at radius 1 is 1.20 bits per heavy atom. The van der Waals surface area contributed by atoms with E-state index in [4.69, 9.17) is 0 Å². The molecule has 1 rings (SSSR count). The summed E-state index contributed by atoms with van der Waals surface area (Å²) < 4.78 is 0. The van der Waals surface area contributed by atoms with Gasteiger partial charge in [0.05, 0.1) is 0 Å². The zero-order valence-electron chi connectivity index (χ0n) is 6.84. The second-order valence-electron chi connectivity index (χ2n) is 3.36. The highest BCUT2D eigenvalue weighted by Gasteiger charge is 2.11. The Kier molecular flexibility index (Phi) is 2.98. The third-order valence-electron chi connectivity index (χ3n) is 2.46. The van der Waals surface area contributed by atoms with Crippen LogP contribution in [0.3, 0.4) is 0 Å². The standard InChI is InChI=1S/C10H17/c1-9-7-5-3-4-6-8-10(9)2/h3-4,9-10H,1,5-8H2,2H3/b4-3-. The van der Waals surface area contributed by atoms with E-state index < -0.39 is 0 Å². The second-order valence-corrected chi connectivity index (χ2v) is 3.36. The van der Waals surface area contributed by atoms with Crippen LogP contribution < -0.4 is 0 Å². The van der Waals surface area contributed by atoms with Crippen LogP contribution in [0.25, 0.3) is 0 Å². The molecule has 10 heavy (non-hydrogen) atoms. The molecule has 0 amide bonds. The zero-order valence-corrected chi connectivity index (χ0v) is 6.84. The number of rotatable bonds is 0. The van der Waals surface area contributed by atoms with Crippen LogP contribution in [0.5, 0.6) is 0 Å². The molecule has 0 spiro atoms. The van der Waals surface area contributed by atoms with Gasteiger partial charge in [-0.05, 0) is 44.4 Å². The molecule has 2 atom stereocenters. The minimum absolute atomic E-state index is 0.685. The van der Waals surface area contributed by atoms with Gasteiger partial charge in [0.25, 0.3) is 0 Å². The van der Waals surface area contributed by atoms with E-state index in [2.05, 4.69) is 26.0 Å². The Balaban J connectivity index is 2.40. The predicted octanol–water partition coefficient (Wildman–Crippen LogP) is 3.20. The van der Waals surface area contributed by atoms with Crippen molar-refractivity contribution in [1.82, 2.24) is 0 Å². The van der Waals surface area contributed by atoms with Gasteiger partial charge in [0, 0.05) is 0 Å². The van der Waals surface area contributed by atoms with Gasteiger partial charge < -0.3 is 0 Å². The molecular formula is C10H17. The van der Waals surface area contributed by atoms with E-state index in [0.29, 0.717) is 5.92 Å². The first-order valence-electron chi connectivity index (χ1n) is 4.29. The fraction of sp³-hybridized carbons (Fsp3) is 0.700. The molecule has 0 aliphatic heterocycles. The van der Waals surface area contributed by atoms with Gasteiger partial charge in [-0.25, -0.2) is 0 Å². The van der Waals surface area contributed by atoms with Crippen molar-refractivity contribution in [3.63, 3.8) is 0 Å². The quantitative estimate of drug-likeness (QED) is 0.450. The summed E-state index contributed by atoms with van der Waals surface area (Å²) in [6.45, 7) is 6.46. The molecule has 1 radical (unpaired) electrons. The van der Waals surface area contributed by atoms with Crippen molar-refractivity contribution in [3.05, 3.63) is 19.1 Å². The van der Waals surface area contributed by atoms with Gasteiger partial charge in [-0.2, -0.15) is 0 Å². The molecule has 2 unspecified atom stereocenters. The lowest BCUT2D eigenvalue weighted by molar-refractivity contribution is 0.376. The number of hydrogen-bond donors (Lipinski definition) is 0. The van der Waals surface area contributed by atoms with Gasteiger partial charge in [-0.1, -0.05) is 19.1 Å². The molecule has 0 heteroatoms. The summed E-state index contributed by atoms with van der Waals surface area (Å²) in [7, 11) is 0. The molecule has 0 aromatic heterocycles. The average Bonchev–Trinajstić information content (AvgIpc) is 1.92. The number of allylic oxidation sites excluding steroid dienone is 2. The van der Waals surface area contributed by atoms with Crippen LogP contribution in [0.15, 0.2) is 12.2 Å². The minimum atomic E-state index is 0.685. The van der Waals surface area contributed by atoms with Crippen molar-refractivity contribution in [2.24, 2.45) is 11.8 Å². The topological polar surface area (TPSA) is 0 Å². The maximum atomic E-state index is 4.15. The lowest BCUT2D eigenvalue weighted by Gasteiger charge is -2.19. The molecule has 0 saturated heterocycles. The van der Waals surface area contributed by atoms with E-state index in [1.54, 1.807) is 0 Å². The van der Waals surface area contributed by atoms with Crippen LogP contribution in [0.4, 0.5) is 0 Å². The van der Waals surface area contributed by atoms with Crippen LogP contribution in [-0.4, -0.2) is 0 Å². The zero-order chi connectivity index (χ0) is 7.40. The fourth-order valence-electron chi connectivity index (χ4n) is 1.43. The van der Waals surface area contributed by atoms with Gasteiger partial charge in [-0.15, -0.1) is 0 Å². The molecule has 1 aliphatic carbocycles. The normalized spacial score (nSPS) is 38.2. The van der Waals surface area contributed by atoms with E-state index in [9.17, 15) is 0 Å². The maximum Gasteiger partial charge on any atom is -0.0348 e. The van der Waals surface area contributed by atoms with Crippen LogP contribution in [0.2, 0.25) is 0 Å². The highest BCUT2D eigenvalue weighted by molar-refractivity contribution is 4.87. The lowest BCUT2D eigenvalue weighted by atomic mass is 9.86. The summed E-state index contributed by atoms with van der Waals surface area (Å²) in [5.41, 5.74) is 0. The van der Waals surface area contributed by atoms with E-state index in [1.807, 2.05) is 0 Å². The largest absolute Gasteiger partial charge is 0.0885 e. The summed E-state index contributed by atoms with van der Waals surface area (Å²) >= 11 is 0. The molecule has 0 fully saturated rings. The summed E-state index contributed by atoms with van der Waals surface area (Å²) in [4.78, 5) is 0. The Morgan fingerprint density at radius 3 is 2.50 bits per heavy atom. The van der Waals surface area contributed by atoms with Gasteiger partial charge in [0.1, 0.15) is 0 Å². The summed E-state index contributed by atoms with van der Waals surface area (Å²) in [5.74, 6) is 1.51. The van der Waals surface area contributed by atoms with E-state index >= 15 is 0 Å². The van der Waals surface area contributed by atoms with Crippen LogP contribution in [0.1, 0.15) is 32.6 Å². The summed E-state index contributed by atoms with van der Waals surface area (Å²) in [5, 5.41) is 0. The first kappa shape index (κ1) is 7.84. The van der Waals surface area contributed by atoms with Crippen molar-refractivity contribution < 1.29 is 0 Å². The molecule has 0 heterocycles. The van der Waals surface area contributed by atoms with Crippen molar-refractivity contribution in [1.29, 1.82) is 0 Å². The maximum absolute atomic E-state index is 4.15. The highest BCUT2D eigenvalue weighted by atomic mass is 14.2. The van der Waals surface area contributed by atoms with Crippen molar-refractivity contribution in [2.75, 3.05) is 0 Å². The smallest absolute Gasteiger partial charge is 0.0348 e. The van der Waals surface area contributed by atoms with Crippen molar-refractivity contribution in [3.8, 4) is 0 Å². The summed E-state index contributed by atoms with van der Waals surface area (Å²) in [6, 6.07) is 0. The first-order valence-corrected chi connectivity index (χ1v) is 4.29.